The average molecular weight is 532 g/mol. The Hall–Kier alpha value is -1.66. The maximum absolute atomic E-state index is 13.2. The van der Waals surface area contributed by atoms with E-state index in [1.807, 2.05) is 0 Å². The number of benzene rings is 2. The van der Waals surface area contributed by atoms with E-state index in [2.05, 4.69) is 5.32 Å². The number of nitrogens with one attached hydrogen (secondary N) is 1. The Morgan fingerprint density at radius 3 is 2.39 bits per heavy atom. The second-order valence-electron chi connectivity index (χ2n) is 8.15. The number of carbonyl (C=O) groups is 2. The fourth-order valence-electron chi connectivity index (χ4n) is 3.80. The van der Waals surface area contributed by atoms with Gasteiger partial charge in [-0.3, -0.25) is 9.59 Å². The molecule has 0 aromatic heterocycles. The lowest BCUT2D eigenvalue weighted by molar-refractivity contribution is -0.142. The van der Waals surface area contributed by atoms with Crippen LogP contribution in [-0.4, -0.2) is 35.4 Å². The summed E-state index contributed by atoms with van der Waals surface area (Å²) in [6.45, 7) is 1.60. The van der Waals surface area contributed by atoms with Crippen LogP contribution in [0.4, 0.5) is 0 Å². The second-order valence-corrected chi connectivity index (χ2v) is 9.81. The number of nitrogens with zero attached hydrogens (tertiary/aromatic N) is 1. The highest BCUT2D eigenvalue weighted by atomic mass is 35.5. The molecule has 0 aliphatic heterocycles. The first-order valence-electron chi connectivity index (χ1n) is 10.9. The number of halogens is 4. The van der Waals surface area contributed by atoms with Crippen LogP contribution in [-0.2, 0) is 16.1 Å². The molecule has 33 heavy (non-hydrogen) atoms. The van der Waals surface area contributed by atoms with E-state index in [9.17, 15) is 9.59 Å². The van der Waals surface area contributed by atoms with Gasteiger partial charge in [0.1, 0.15) is 11.8 Å². The van der Waals surface area contributed by atoms with Crippen LogP contribution in [0.25, 0.3) is 0 Å². The first kappa shape index (κ1) is 26.0. The van der Waals surface area contributed by atoms with E-state index in [1.54, 1.807) is 37.3 Å². The van der Waals surface area contributed by atoms with Crippen molar-refractivity contribution in [2.24, 2.45) is 0 Å². The molecule has 178 valence electrons. The third kappa shape index (κ3) is 7.41. The van der Waals surface area contributed by atoms with Crippen LogP contribution >= 0.6 is 46.4 Å². The lowest BCUT2D eigenvalue weighted by Crippen LogP contribution is -2.51. The van der Waals surface area contributed by atoms with E-state index in [1.165, 1.54) is 17.4 Å². The summed E-state index contributed by atoms with van der Waals surface area (Å²) in [7, 11) is 0. The summed E-state index contributed by atoms with van der Waals surface area (Å²) < 4.78 is 5.63. The molecule has 1 aliphatic carbocycles. The monoisotopic (exact) mass is 530 g/mol. The average Bonchev–Trinajstić information content (AvgIpc) is 2.79. The van der Waals surface area contributed by atoms with Crippen molar-refractivity contribution in [2.75, 3.05) is 6.61 Å². The van der Waals surface area contributed by atoms with Gasteiger partial charge in [0.25, 0.3) is 5.91 Å². The zero-order chi connectivity index (χ0) is 24.0. The molecule has 0 bridgehead atoms. The Balaban J connectivity index is 1.74. The zero-order valence-electron chi connectivity index (χ0n) is 18.3. The summed E-state index contributed by atoms with van der Waals surface area (Å²) in [4.78, 5) is 27.7. The van der Waals surface area contributed by atoms with Crippen molar-refractivity contribution in [1.82, 2.24) is 10.2 Å². The molecule has 0 spiro atoms. The molecule has 1 aliphatic rings. The van der Waals surface area contributed by atoms with Crippen LogP contribution in [0.2, 0.25) is 20.1 Å². The van der Waals surface area contributed by atoms with E-state index in [-0.39, 0.29) is 31.0 Å². The van der Waals surface area contributed by atoms with E-state index < -0.39 is 6.04 Å². The molecule has 0 heterocycles. The molecule has 0 unspecified atom stereocenters. The van der Waals surface area contributed by atoms with Gasteiger partial charge in [0.15, 0.2) is 6.61 Å². The van der Waals surface area contributed by atoms with Gasteiger partial charge in [0, 0.05) is 17.6 Å². The Bertz CT molecular complexity index is 996. The lowest BCUT2D eigenvalue weighted by Gasteiger charge is -2.31. The van der Waals surface area contributed by atoms with Crippen LogP contribution in [0.1, 0.15) is 44.6 Å². The smallest absolute Gasteiger partial charge is 0.261 e. The minimum Gasteiger partial charge on any atom is -0.482 e. The van der Waals surface area contributed by atoms with Crippen LogP contribution in [0.3, 0.4) is 0 Å². The fraction of sp³-hybridized carbons (Fsp3) is 0.417. The molecule has 2 amide bonds. The summed E-state index contributed by atoms with van der Waals surface area (Å²) in [5, 5.41) is 4.66. The van der Waals surface area contributed by atoms with Gasteiger partial charge in [-0.15, -0.1) is 0 Å². The number of carbonyl (C=O) groups excluding carboxylic acids is 2. The van der Waals surface area contributed by atoms with Crippen LogP contribution in [0.5, 0.6) is 5.75 Å². The van der Waals surface area contributed by atoms with Crippen molar-refractivity contribution < 1.29 is 14.3 Å². The van der Waals surface area contributed by atoms with Gasteiger partial charge in [-0.1, -0.05) is 71.7 Å². The Labute approximate surface area is 214 Å². The Morgan fingerprint density at radius 2 is 1.73 bits per heavy atom. The third-order valence-electron chi connectivity index (χ3n) is 5.70. The van der Waals surface area contributed by atoms with Gasteiger partial charge in [-0.05, 0) is 55.7 Å². The summed E-state index contributed by atoms with van der Waals surface area (Å²) in [6, 6.07) is 9.32. The molecule has 0 saturated heterocycles. The quantitative estimate of drug-likeness (QED) is 0.420. The molecule has 1 fully saturated rings. The molecule has 1 saturated carbocycles. The lowest BCUT2D eigenvalue weighted by atomic mass is 9.95. The number of hydrogen-bond donors (Lipinski definition) is 1. The van der Waals surface area contributed by atoms with Crippen molar-refractivity contribution in [3.05, 3.63) is 62.1 Å². The minimum atomic E-state index is -0.710. The first-order valence-corrected chi connectivity index (χ1v) is 12.4. The van der Waals surface area contributed by atoms with E-state index in [4.69, 9.17) is 51.1 Å². The number of amides is 2. The fourth-order valence-corrected chi connectivity index (χ4v) is 4.58. The summed E-state index contributed by atoms with van der Waals surface area (Å²) >= 11 is 24.3. The van der Waals surface area contributed by atoms with Crippen molar-refractivity contribution in [1.29, 1.82) is 0 Å². The van der Waals surface area contributed by atoms with Crippen molar-refractivity contribution in [3.63, 3.8) is 0 Å². The van der Waals surface area contributed by atoms with Gasteiger partial charge in [-0.2, -0.15) is 0 Å². The molecule has 1 N–H and O–H groups in total. The summed E-state index contributed by atoms with van der Waals surface area (Å²) in [5.41, 5.74) is 0.750. The van der Waals surface area contributed by atoms with E-state index in [0.29, 0.717) is 25.8 Å². The second kappa shape index (κ2) is 12.2. The van der Waals surface area contributed by atoms with E-state index >= 15 is 0 Å². The zero-order valence-corrected chi connectivity index (χ0v) is 21.3. The Morgan fingerprint density at radius 1 is 1.00 bits per heavy atom. The van der Waals surface area contributed by atoms with E-state index in [0.717, 1.165) is 31.2 Å². The highest BCUT2D eigenvalue weighted by Crippen LogP contribution is 2.28. The number of hydrogen-bond acceptors (Lipinski definition) is 3. The maximum atomic E-state index is 13.2. The normalized spacial score (nSPS) is 15.1. The highest BCUT2D eigenvalue weighted by molar-refractivity contribution is 6.42. The predicted molar refractivity (Wildman–Crippen MR) is 133 cm³/mol. The van der Waals surface area contributed by atoms with Gasteiger partial charge < -0.3 is 15.0 Å². The SMILES string of the molecule is C[C@H](C(=O)NC1CCCCC1)N(Cc1ccc(Cl)c(Cl)c1)C(=O)COc1ccc(Cl)cc1Cl. The highest BCUT2D eigenvalue weighted by Gasteiger charge is 2.28. The summed E-state index contributed by atoms with van der Waals surface area (Å²) in [6.07, 6.45) is 5.30. The summed E-state index contributed by atoms with van der Waals surface area (Å²) in [5.74, 6) is -0.221. The molecule has 1 atom stereocenters. The molecule has 0 radical (unpaired) electrons. The molecule has 9 heteroatoms. The number of rotatable bonds is 8. The van der Waals surface area contributed by atoms with Gasteiger partial charge >= 0.3 is 0 Å². The largest absolute Gasteiger partial charge is 0.482 e. The maximum Gasteiger partial charge on any atom is 0.261 e. The molecule has 2 aromatic carbocycles. The van der Waals surface area contributed by atoms with Gasteiger partial charge in [0.05, 0.1) is 15.1 Å². The van der Waals surface area contributed by atoms with Crippen molar-refractivity contribution >= 4 is 58.2 Å². The topological polar surface area (TPSA) is 58.6 Å². The molecular weight excluding hydrogens is 506 g/mol. The third-order valence-corrected chi connectivity index (χ3v) is 6.97. The van der Waals surface area contributed by atoms with Crippen molar-refractivity contribution in [3.8, 4) is 5.75 Å². The molecular formula is C24H26Cl4N2O3. The molecule has 2 aromatic rings. The van der Waals surface area contributed by atoms with Gasteiger partial charge in [-0.25, -0.2) is 0 Å². The van der Waals surface area contributed by atoms with Crippen LogP contribution in [0, 0.1) is 0 Å². The molecule has 3 rings (SSSR count). The Kier molecular flexibility index (Phi) is 9.57. The number of ether oxygens (including phenoxy) is 1. The minimum absolute atomic E-state index is 0.139. The standard InChI is InChI=1S/C24H26Cl4N2O3/c1-15(24(32)29-18-5-3-2-4-6-18)30(13-16-7-9-19(26)20(27)11-16)23(31)14-33-22-10-8-17(25)12-21(22)28/h7-12,15,18H,2-6,13-14H2,1H3,(H,29,32)/t15-/m1/s1. The van der Waals surface area contributed by atoms with Crippen LogP contribution < -0.4 is 10.1 Å². The van der Waals surface area contributed by atoms with Gasteiger partial charge in [0.2, 0.25) is 5.91 Å². The first-order chi connectivity index (χ1) is 15.7. The molecule has 5 nitrogen and oxygen atoms in total. The predicted octanol–water partition coefficient (Wildman–Crippen LogP) is 6.55. The van der Waals surface area contributed by atoms with Crippen LogP contribution in [0.15, 0.2) is 36.4 Å². The van der Waals surface area contributed by atoms with Crippen molar-refractivity contribution in [2.45, 2.75) is 57.7 Å².